The lowest BCUT2D eigenvalue weighted by molar-refractivity contribution is 0.0734. The predicted molar refractivity (Wildman–Crippen MR) is 142 cm³/mol. The number of nitrogens with zero attached hydrogens (tertiary/aromatic N) is 2. The summed E-state index contributed by atoms with van der Waals surface area (Å²) in [4.78, 5) is 21.4. The maximum absolute atomic E-state index is 12.3. The molecule has 8 heteroatoms. The minimum absolute atomic E-state index is 0.413. The number of carbonyl (C=O) groups excluding carboxylic acids is 1. The van der Waals surface area contributed by atoms with Crippen LogP contribution >= 0.6 is 39.1 Å². The summed E-state index contributed by atoms with van der Waals surface area (Å²) in [6, 6.07) is 24.8. The number of esters is 1. The van der Waals surface area contributed by atoms with Crippen LogP contribution in [-0.4, -0.2) is 17.2 Å². The third kappa shape index (κ3) is 5.46. The molecule has 0 radical (unpaired) electrons. The van der Waals surface area contributed by atoms with Gasteiger partial charge in [0.2, 0.25) is 5.89 Å². The lowest BCUT2D eigenvalue weighted by Gasteiger charge is -2.05. The van der Waals surface area contributed by atoms with E-state index in [0.717, 1.165) is 10.0 Å². The average molecular weight is 566 g/mol. The molecule has 0 N–H and O–H groups in total. The Balaban J connectivity index is 1.29. The van der Waals surface area contributed by atoms with E-state index in [1.54, 1.807) is 54.7 Å². The molecule has 0 saturated carbocycles. The van der Waals surface area contributed by atoms with E-state index in [-0.39, 0.29) is 0 Å². The zero-order valence-corrected chi connectivity index (χ0v) is 21.0. The van der Waals surface area contributed by atoms with Crippen LogP contribution in [0, 0.1) is 0 Å². The predicted octanol–water partition coefficient (Wildman–Crippen LogP) is 8.53. The van der Waals surface area contributed by atoms with Crippen LogP contribution in [0.5, 0.6) is 5.75 Å². The molecule has 0 aliphatic heterocycles. The van der Waals surface area contributed by atoms with Crippen LogP contribution in [0.25, 0.3) is 22.6 Å². The molecule has 5 nitrogen and oxygen atoms in total. The molecule has 1 heterocycles. The molecule has 5 aromatic rings. The van der Waals surface area contributed by atoms with E-state index in [4.69, 9.17) is 32.4 Å². The van der Waals surface area contributed by atoms with Crippen molar-refractivity contribution in [1.29, 1.82) is 0 Å². The van der Waals surface area contributed by atoms with Crippen molar-refractivity contribution in [1.82, 2.24) is 4.98 Å². The number of rotatable bonds is 5. The maximum atomic E-state index is 12.3. The number of hydrogen-bond donors (Lipinski definition) is 0. The van der Waals surface area contributed by atoms with E-state index in [9.17, 15) is 4.79 Å². The molecule has 0 aliphatic rings. The summed E-state index contributed by atoms with van der Waals surface area (Å²) in [5, 5.41) is 1.01. The lowest BCUT2D eigenvalue weighted by atomic mass is 10.2. The maximum Gasteiger partial charge on any atom is 0.343 e. The van der Waals surface area contributed by atoms with E-state index in [0.29, 0.717) is 49.6 Å². The van der Waals surface area contributed by atoms with Gasteiger partial charge in [-0.05, 0) is 84.4 Å². The number of ether oxygens (including phenoxy) is 1. The molecule has 0 saturated heterocycles. The highest BCUT2D eigenvalue weighted by atomic mass is 79.9. The van der Waals surface area contributed by atoms with Crippen molar-refractivity contribution < 1.29 is 13.9 Å². The van der Waals surface area contributed by atoms with Crippen molar-refractivity contribution in [2.45, 2.75) is 0 Å². The third-order valence-electron chi connectivity index (χ3n) is 5.05. The molecule has 0 fully saturated rings. The van der Waals surface area contributed by atoms with E-state index >= 15 is 0 Å². The Morgan fingerprint density at radius 3 is 2.57 bits per heavy atom. The van der Waals surface area contributed by atoms with Gasteiger partial charge >= 0.3 is 5.97 Å². The molecule has 4 aromatic carbocycles. The summed E-state index contributed by atoms with van der Waals surface area (Å²) in [5.41, 5.74) is 3.98. The Kier molecular flexibility index (Phi) is 6.68. The monoisotopic (exact) mass is 564 g/mol. The van der Waals surface area contributed by atoms with Gasteiger partial charge in [-0.2, -0.15) is 0 Å². The number of halogens is 3. The van der Waals surface area contributed by atoms with Gasteiger partial charge in [-0.15, -0.1) is 0 Å². The van der Waals surface area contributed by atoms with Gasteiger partial charge in [0, 0.05) is 15.7 Å². The molecule has 172 valence electrons. The SMILES string of the molecule is O=C(Oc1ccc(C=Nc2ccc3oc(-c4ccc(Cl)cc4Cl)nc3c2)cc1)c1cccc(Br)c1. The minimum atomic E-state index is -0.423. The highest BCUT2D eigenvalue weighted by Crippen LogP contribution is 2.33. The van der Waals surface area contributed by atoms with Gasteiger partial charge in [-0.3, -0.25) is 4.99 Å². The summed E-state index contributed by atoms with van der Waals surface area (Å²) in [7, 11) is 0. The summed E-state index contributed by atoms with van der Waals surface area (Å²) >= 11 is 15.6. The number of aromatic nitrogens is 1. The summed E-state index contributed by atoms with van der Waals surface area (Å²) in [5.74, 6) is 0.438. The van der Waals surface area contributed by atoms with Gasteiger partial charge in [0.05, 0.1) is 21.8 Å². The Morgan fingerprint density at radius 2 is 1.80 bits per heavy atom. The second-order valence-electron chi connectivity index (χ2n) is 7.52. The zero-order valence-electron chi connectivity index (χ0n) is 17.9. The van der Waals surface area contributed by atoms with E-state index < -0.39 is 5.97 Å². The van der Waals surface area contributed by atoms with Crippen LogP contribution in [0.4, 0.5) is 5.69 Å². The number of oxazole rings is 1. The van der Waals surface area contributed by atoms with Crippen LogP contribution in [0.3, 0.4) is 0 Å². The van der Waals surface area contributed by atoms with Crippen molar-refractivity contribution in [3.63, 3.8) is 0 Å². The second-order valence-corrected chi connectivity index (χ2v) is 9.28. The first-order valence-corrected chi connectivity index (χ1v) is 12.0. The Morgan fingerprint density at radius 1 is 0.971 bits per heavy atom. The standard InChI is InChI=1S/C27H15BrCl2N2O3/c28-18-3-1-2-17(12-18)27(33)34-21-8-4-16(5-9-21)15-31-20-7-11-25-24(14-20)32-26(35-25)22-10-6-19(29)13-23(22)30/h1-15H. The van der Waals surface area contributed by atoms with Crippen molar-refractivity contribution in [3.05, 3.63) is 111 Å². The summed E-state index contributed by atoms with van der Waals surface area (Å²) in [6.45, 7) is 0. The molecular weight excluding hydrogens is 551 g/mol. The molecule has 0 aliphatic carbocycles. The van der Waals surface area contributed by atoms with Gasteiger partial charge < -0.3 is 9.15 Å². The van der Waals surface area contributed by atoms with Crippen LogP contribution < -0.4 is 4.74 Å². The van der Waals surface area contributed by atoms with Crippen molar-refractivity contribution in [3.8, 4) is 17.2 Å². The van der Waals surface area contributed by atoms with Crippen LogP contribution in [0.15, 0.2) is 98.8 Å². The van der Waals surface area contributed by atoms with Gasteiger partial charge in [-0.25, -0.2) is 9.78 Å². The molecule has 0 unspecified atom stereocenters. The first-order chi connectivity index (χ1) is 16.9. The topological polar surface area (TPSA) is 64.7 Å². The number of benzene rings is 4. The van der Waals surface area contributed by atoms with Gasteiger partial charge in [-0.1, -0.05) is 45.2 Å². The van der Waals surface area contributed by atoms with Gasteiger partial charge in [0.25, 0.3) is 0 Å². The number of fused-ring (bicyclic) bond motifs is 1. The fourth-order valence-corrected chi connectivity index (χ4v) is 4.22. The van der Waals surface area contributed by atoms with Crippen molar-refractivity contribution in [2.75, 3.05) is 0 Å². The minimum Gasteiger partial charge on any atom is -0.436 e. The van der Waals surface area contributed by atoms with Crippen molar-refractivity contribution >= 4 is 68.1 Å². The smallest absolute Gasteiger partial charge is 0.343 e. The third-order valence-corrected chi connectivity index (χ3v) is 6.09. The highest BCUT2D eigenvalue weighted by molar-refractivity contribution is 9.10. The van der Waals surface area contributed by atoms with Gasteiger partial charge in [0.15, 0.2) is 5.58 Å². The van der Waals surface area contributed by atoms with E-state index in [1.165, 1.54) is 0 Å². The quantitative estimate of drug-likeness (QED) is 0.122. The zero-order chi connectivity index (χ0) is 24.4. The Labute approximate surface area is 219 Å². The highest BCUT2D eigenvalue weighted by Gasteiger charge is 2.12. The lowest BCUT2D eigenvalue weighted by Crippen LogP contribution is -2.08. The van der Waals surface area contributed by atoms with E-state index in [2.05, 4.69) is 25.9 Å². The number of carbonyl (C=O) groups is 1. The van der Waals surface area contributed by atoms with E-state index in [1.807, 2.05) is 36.4 Å². The molecule has 0 amide bonds. The van der Waals surface area contributed by atoms with Crippen LogP contribution in [0.1, 0.15) is 15.9 Å². The molecule has 0 atom stereocenters. The normalized spacial score (nSPS) is 11.3. The Hall–Kier alpha value is -3.45. The molecule has 35 heavy (non-hydrogen) atoms. The van der Waals surface area contributed by atoms with Crippen LogP contribution in [-0.2, 0) is 0 Å². The fourth-order valence-electron chi connectivity index (χ4n) is 3.33. The van der Waals surface area contributed by atoms with Crippen LogP contribution in [0.2, 0.25) is 10.0 Å². The molecular formula is C27H15BrCl2N2O3. The Bertz CT molecular complexity index is 1580. The fraction of sp³-hybridized carbons (Fsp3) is 0. The summed E-state index contributed by atoms with van der Waals surface area (Å²) < 4.78 is 12.1. The average Bonchev–Trinajstić information content (AvgIpc) is 3.26. The summed E-state index contributed by atoms with van der Waals surface area (Å²) in [6.07, 6.45) is 1.72. The molecule has 0 bridgehead atoms. The first-order valence-electron chi connectivity index (χ1n) is 10.4. The molecule has 1 aromatic heterocycles. The number of aliphatic imine (C=N–C) groups is 1. The molecule has 5 rings (SSSR count). The first kappa shape index (κ1) is 23.3. The second kappa shape index (κ2) is 10.0. The van der Waals surface area contributed by atoms with Crippen molar-refractivity contribution in [2.24, 2.45) is 4.99 Å². The largest absolute Gasteiger partial charge is 0.436 e. The molecule has 0 spiro atoms. The number of hydrogen-bond acceptors (Lipinski definition) is 5. The van der Waals surface area contributed by atoms with Gasteiger partial charge in [0.1, 0.15) is 11.3 Å².